The third-order valence-corrected chi connectivity index (χ3v) is 4.33. The van der Waals surface area contributed by atoms with E-state index in [0.29, 0.717) is 5.56 Å². The van der Waals surface area contributed by atoms with Crippen molar-refractivity contribution in [3.05, 3.63) is 42.2 Å². The van der Waals surface area contributed by atoms with Crippen LogP contribution in [0.3, 0.4) is 0 Å². The van der Waals surface area contributed by atoms with Crippen molar-refractivity contribution in [2.24, 2.45) is 5.92 Å². The number of carbonyl (C=O) groups excluding carboxylic acids is 1. The Morgan fingerprint density at radius 1 is 1.27 bits per heavy atom. The summed E-state index contributed by atoms with van der Waals surface area (Å²) >= 11 is 0. The molecule has 4 heteroatoms. The van der Waals surface area contributed by atoms with Crippen LogP contribution in [0.25, 0.3) is 11.3 Å². The SMILES string of the molecule is COC(=O)c1ccc(N2CCC(C)CC2)c(-c2ccco2)c1. The monoisotopic (exact) mass is 299 g/mol. The van der Waals surface area contributed by atoms with Gasteiger partial charge < -0.3 is 14.1 Å². The van der Waals surface area contributed by atoms with E-state index in [9.17, 15) is 4.79 Å². The van der Waals surface area contributed by atoms with Crippen LogP contribution in [-0.4, -0.2) is 26.2 Å². The molecule has 0 N–H and O–H groups in total. The van der Waals surface area contributed by atoms with Gasteiger partial charge in [-0.15, -0.1) is 0 Å². The Morgan fingerprint density at radius 2 is 2.05 bits per heavy atom. The minimum absolute atomic E-state index is 0.327. The van der Waals surface area contributed by atoms with Crippen LogP contribution in [0.2, 0.25) is 0 Å². The second kappa shape index (κ2) is 6.26. The number of piperidine rings is 1. The van der Waals surface area contributed by atoms with Crippen LogP contribution in [0.5, 0.6) is 0 Å². The van der Waals surface area contributed by atoms with Crippen molar-refractivity contribution in [1.29, 1.82) is 0 Å². The maximum atomic E-state index is 11.8. The number of anilines is 1. The number of hydrogen-bond acceptors (Lipinski definition) is 4. The first-order valence-electron chi connectivity index (χ1n) is 7.70. The smallest absolute Gasteiger partial charge is 0.337 e. The first kappa shape index (κ1) is 14.7. The van der Waals surface area contributed by atoms with E-state index in [1.807, 2.05) is 30.3 Å². The molecule has 0 aliphatic carbocycles. The van der Waals surface area contributed by atoms with Crippen molar-refractivity contribution >= 4 is 11.7 Å². The molecule has 4 nitrogen and oxygen atoms in total. The Bertz CT molecular complexity index is 640. The van der Waals surface area contributed by atoms with Gasteiger partial charge in [-0.1, -0.05) is 6.92 Å². The molecule has 1 aromatic heterocycles. The predicted octanol–water partition coefficient (Wildman–Crippen LogP) is 3.97. The maximum absolute atomic E-state index is 11.8. The zero-order chi connectivity index (χ0) is 15.5. The van der Waals surface area contributed by atoms with Gasteiger partial charge in [0.05, 0.1) is 18.9 Å². The van der Waals surface area contributed by atoms with Crippen molar-refractivity contribution in [2.45, 2.75) is 19.8 Å². The van der Waals surface area contributed by atoms with E-state index >= 15 is 0 Å². The Labute approximate surface area is 130 Å². The lowest BCUT2D eigenvalue weighted by Crippen LogP contribution is -2.33. The molecule has 22 heavy (non-hydrogen) atoms. The molecule has 1 aliphatic heterocycles. The summed E-state index contributed by atoms with van der Waals surface area (Å²) in [5.41, 5.74) is 2.61. The molecule has 2 aromatic rings. The highest BCUT2D eigenvalue weighted by Crippen LogP contribution is 2.34. The van der Waals surface area contributed by atoms with E-state index in [2.05, 4.69) is 11.8 Å². The summed E-state index contributed by atoms with van der Waals surface area (Å²) in [5.74, 6) is 1.23. The molecular weight excluding hydrogens is 278 g/mol. The number of hydrogen-bond donors (Lipinski definition) is 0. The molecule has 0 saturated carbocycles. The van der Waals surface area contributed by atoms with E-state index in [-0.39, 0.29) is 5.97 Å². The lowest BCUT2D eigenvalue weighted by molar-refractivity contribution is 0.0601. The summed E-state index contributed by atoms with van der Waals surface area (Å²) in [4.78, 5) is 14.2. The zero-order valence-corrected chi connectivity index (χ0v) is 13.0. The van der Waals surface area contributed by atoms with E-state index < -0.39 is 0 Å². The Hall–Kier alpha value is -2.23. The first-order valence-corrected chi connectivity index (χ1v) is 7.70. The topological polar surface area (TPSA) is 42.7 Å². The highest BCUT2D eigenvalue weighted by Gasteiger charge is 2.21. The summed E-state index contributed by atoms with van der Waals surface area (Å²) in [5, 5.41) is 0. The molecule has 0 bridgehead atoms. The molecule has 1 fully saturated rings. The van der Waals surface area contributed by atoms with Crippen molar-refractivity contribution < 1.29 is 13.9 Å². The standard InChI is InChI=1S/C18H21NO3/c1-13-7-9-19(10-8-13)16-6-5-14(18(20)21-2)12-15(16)17-4-3-11-22-17/h3-6,11-13H,7-10H2,1-2H3. The van der Waals surface area contributed by atoms with Gasteiger partial charge in [-0.05, 0) is 49.1 Å². The van der Waals surface area contributed by atoms with Crippen molar-refractivity contribution in [2.75, 3.05) is 25.1 Å². The molecule has 3 rings (SSSR count). The van der Waals surface area contributed by atoms with E-state index in [1.165, 1.54) is 20.0 Å². The molecule has 0 amide bonds. The Kier molecular flexibility index (Phi) is 4.18. The second-order valence-electron chi connectivity index (χ2n) is 5.87. The van der Waals surface area contributed by atoms with Crippen molar-refractivity contribution in [1.82, 2.24) is 0 Å². The van der Waals surface area contributed by atoms with Gasteiger partial charge >= 0.3 is 5.97 Å². The van der Waals surface area contributed by atoms with Crippen LogP contribution in [0, 0.1) is 5.92 Å². The van der Waals surface area contributed by atoms with Gasteiger partial charge in [-0.3, -0.25) is 0 Å². The molecule has 2 heterocycles. The van der Waals surface area contributed by atoms with Crippen LogP contribution < -0.4 is 4.90 Å². The summed E-state index contributed by atoms with van der Waals surface area (Å²) in [6.07, 6.45) is 4.04. The lowest BCUT2D eigenvalue weighted by atomic mass is 9.97. The minimum atomic E-state index is -0.327. The molecule has 0 spiro atoms. The van der Waals surface area contributed by atoms with Gasteiger partial charge in [0.1, 0.15) is 5.76 Å². The van der Waals surface area contributed by atoms with Gasteiger partial charge in [0, 0.05) is 24.3 Å². The van der Waals surface area contributed by atoms with Gasteiger partial charge in [-0.2, -0.15) is 0 Å². The summed E-state index contributed by atoms with van der Waals surface area (Å²) in [6.45, 7) is 4.37. The second-order valence-corrected chi connectivity index (χ2v) is 5.87. The summed E-state index contributed by atoms with van der Waals surface area (Å²) in [7, 11) is 1.40. The third-order valence-electron chi connectivity index (χ3n) is 4.33. The molecule has 116 valence electrons. The zero-order valence-electron chi connectivity index (χ0n) is 13.0. The molecule has 1 aromatic carbocycles. The normalized spacial score (nSPS) is 15.8. The van der Waals surface area contributed by atoms with Crippen LogP contribution in [0.4, 0.5) is 5.69 Å². The largest absolute Gasteiger partial charge is 0.465 e. The van der Waals surface area contributed by atoms with Crippen LogP contribution in [0.15, 0.2) is 41.0 Å². The van der Waals surface area contributed by atoms with Crippen LogP contribution in [0.1, 0.15) is 30.1 Å². The lowest BCUT2D eigenvalue weighted by Gasteiger charge is -2.33. The minimum Gasteiger partial charge on any atom is -0.465 e. The van der Waals surface area contributed by atoms with Gasteiger partial charge in [0.15, 0.2) is 0 Å². The number of nitrogens with zero attached hydrogens (tertiary/aromatic N) is 1. The number of methoxy groups -OCH3 is 1. The van der Waals surface area contributed by atoms with Crippen molar-refractivity contribution in [3.63, 3.8) is 0 Å². The van der Waals surface area contributed by atoms with Crippen LogP contribution >= 0.6 is 0 Å². The molecule has 1 aliphatic rings. The fourth-order valence-electron chi connectivity index (χ4n) is 2.94. The first-order chi connectivity index (χ1) is 10.7. The highest BCUT2D eigenvalue weighted by atomic mass is 16.5. The molecule has 0 radical (unpaired) electrons. The van der Waals surface area contributed by atoms with Crippen molar-refractivity contribution in [3.8, 4) is 11.3 Å². The fourth-order valence-corrected chi connectivity index (χ4v) is 2.94. The van der Waals surface area contributed by atoms with Gasteiger partial charge in [0.25, 0.3) is 0 Å². The quantitative estimate of drug-likeness (QED) is 0.804. The van der Waals surface area contributed by atoms with Gasteiger partial charge in [-0.25, -0.2) is 4.79 Å². The molecule has 0 unspecified atom stereocenters. The number of esters is 1. The Balaban J connectivity index is 2.00. The molecular formula is C18H21NO3. The maximum Gasteiger partial charge on any atom is 0.337 e. The number of carbonyl (C=O) groups is 1. The molecule has 0 atom stereocenters. The van der Waals surface area contributed by atoms with E-state index in [1.54, 1.807) is 6.26 Å². The summed E-state index contributed by atoms with van der Waals surface area (Å²) in [6, 6.07) is 9.47. The summed E-state index contributed by atoms with van der Waals surface area (Å²) < 4.78 is 10.4. The van der Waals surface area contributed by atoms with E-state index in [0.717, 1.165) is 36.0 Å². The number of benzene rings is 1. The third kappa shape index (κ3) is 2.86. The number of ether oxygens (including phenoxy) is 1. The number of rotatable bonds is 3. The average molecular weight is 299 g/mol. The molecule has 1 saturated heterocycles. The van der Waals surface area contributed by atoms with Crippen LogP contribution in [-0.2, 0) is 4.74 Å². The van der Waals surface area contributed by atoms with Gasteiger partial charge in [0.2, 0.25) is 0 Å². The average Bonchev–Trinajstić information content (AvgIpc) is 3.09. The van der Waals surface area contributed by atoms with E-state index in [4.69, 9.17) is 9.15 Å². The fraction of sp³-hybridized carbons (Fsp3) is 0.389. The predicted molar refractivity (Wildman–Crippen MR) is 86.1 cm³/mol. The highest BCUT2D eigenvalue weighted by molar-refractivity contribution is 5.93. The number of furan rings is 1. The Morgan fingerprint density at radius 3 is 2.68 bits per heavy atom.